The maximum Gasteiger partial charge on any atom is 0.270 e. The maximum atomic E-state index is 13.2. The highest BCUT2D eigenvalue weighted by Crippen LogP contribution is 2.24. The standard InChI is InChI=1S/C27H27N9O/c1-34-11-10-29-25(34)18-35-12-14-36(15-13-35)26(37)24-17-19-16-20(5-6-21(19)32-24)31-27-30-9-7-23(33-27)22-4-2-3-8-28-22/h2-11,16-17,32H,12-15,18H2,1H3,(H,30,31,33). The molecule has 0 aliphatic carbocycles. The second-order valence-corrected chi connectivity index (χ2v) is 9.11. The molecule has 0 bridgehead atoms. The lowest BCUT2D eigenvalue weighted by Gasteiger charge is -2.34. The molecular formula is C27H27N9O. The summed E-state index contributed by atoms with van der Waals surface area (Å²) >= 11 is 0. The number of nitrogens with one attached hydrogen (secondary N) is 2. The molecule has 0 spiro atoms. The molecule has 0 unspecified atom stereocenters. The van der Waals surface area contributed by atoms with Crippen LogP contribution < -0.4 is 5.32 Å². The molecular weight excluding hydrogens is 466 g/mol. The van der Waals surface area contributed by atoms with Crippen LogP contribution in [0.2, 0.25) is 0 Å². The summed E-state index contributed by atoms with van der Waals surface area (Å²) in [7, 11) is 2.01. The minimum absolute atomic E-state index is 0.0220. The van der Waals surface area contributed by atoms with Gasteiger partial charge in [-0.15, -0.1) is 0 Å². The van der Waals surface area contributed by atoms with Crippen molar-refractivity contribution in [1.29, 1.82) is 0 Å². The predicted octanol–water partition coefficient (Wildman–Crippen LogP) is 3.46. The highest BCUT2D eigenvalue weighted by molar-refractivity contribution is 5.98. The Balaban J connectivity index is 1.12. The maximum absolute atomic E-state index is 13.2. The summed E-state index contributed by atoms with van der Waals surface area (Å²) in [6.07, 6.45) is 7.23. The Kier molecular flexibility index (Phi) is 6.07. The predicted molar refractivity (Wildman–Crippen MR) is 141 cm³/mol. The number of rotatable bonds is 6. The number of imidazole rings is 1. The van der Waals surface area contributed by atoms with Gasteiger partial charge in [0.2, 0.25) is 5.95 Å². The molecule has 0 atom stereocenters. The molecule has 186 valence electrons. The number of aromatic amines is 1. The number of carbonyl (C=O) groups is 1. The van der Waals surface area contributed by atoms with E-state index in [0.29, 0.717) is 24.7 Å². The quantitative estimate of drug-likeness (QED) is 0.373. The number of carbonyl (C=O) groups excluding carboxylic acids is 1. The van der Waals surface area contributed by atoms with Crippen molar-refractivity contribution in [3.05, 3.63) is 84.8 Å². The summed E-state index contributed by atoms with van der Waals surface area (Å²) in [6.45, 7) is 3.82. The van der Waals surface area contributed by atoms with Crippen molar-refractivity contribution in [3.63, 3.8) is 0 Å². The molecule has 1 amide bonds. The molecule has 1 saturated heterocycles. The number of anilines is 2. The highest BCUT2D eigenvalue weighted by atomic mass is 16.2. The minimum atomic E-state index is 0.0220. The Morgan fingerprint density at radius 1 is 0.946 bits per heavy atom. The highest BCUT2D eigenvalue weighted by Gasteiger charge is 2.24. The molecule has 1 aromatic carbocycles. The van der Waals surface area contributed by atoms with E-state index in [0.717, 1.165) is 53.4 Å². The average Bonchev–Trinajstić information content (AvgIpc) is 3.55. The summed E-state index contributed by atoms with van der Waals surface area (Å²) in [6, 6.07) is 15.4. The molecule has 6 rings (SSSR count). The SMILES string of the molecule is Cn1ccnc1CN1CCN(C(=O)c2cc3cc(Nc4nccc(-c5ccccn5)n4)ccc3[nH]2)CC1. The second kappa shape index (κ2) is 9.82. The zero-order chi connectivity index (χ0) is 25.2. The lowest BCUT2D eigenvalue weighted by atomic mass is 10.2. The zero-order valence-electron chi connectivity index (χ0n) is 20.5. The van der Waals surface area contributed by atoms with Crippen molar-refractivity contribution in [1.82, 2.24) is 39.3 Å². The van der Waals surface area contributed by atoms with E-state index in [-0.39, 0.29) is 5.91 Å². The topological polar surface area (TPSA) is 108 Å². The zero-order valence-corrected chi connectivity index (χ0v) is 20.5. The van der Waals surface area contributed by atoms with Crippen molar-refractivity contribution in [2.45, 2.75) is 6.54 Å². The molecule has 5 heterocycles. The van der Waals surface area contributed by atoms with Crippen LogP contribution in [0.3, 0.4) is 0 Å². The lowest BCUT2D eigenvalue weighted by molar-refractivity contribution is 0.0619. The van der Waals surface area contributed by atoms with Crippen LogP contribution in [0.5, 0.6) is 0 Å². The van der Waals surface area contributed by atoms with Crippen LogP contribution in [0.25, 0.3) is 22.3 Å². The number of benzene rings is 1. The lowest BCUT2D eigenvalue weighted by Crippen LogP contribution is -2.48. The van der Waals surface area contributed by atoms with Gasteiger partial charge in [-0.2, -0.15) is 0 Å². The van der Waals surface area contributed by atoms with Crippen LogP contribution in [0.4, 0.5) is 11.6 Å². The van der Waals surface area contributed by atoms with Crippen LogP contribution >= 0.6 is 0 Å². The van der Waals surface area contributed by atoms with Gasteiger partial charge >= 0.3 is 0 Å². The normalized spacial score (nSPS) is 14.2. The number of nitrogens with zero attached hydrogens (tertiary/aromatic N) is 7. The summed E-state index contributed by atoms with van der Waals surface area (Å²) < 4.78 is 2.04. The molecule has 5 aromatic rings. The van der Waals surface area contributed by atoms with E-state index in [9.17, 15) is 4.79 Å². The fraction of sp³-hybridized carbons (Fsp3) is 0.222. The first-order valence-corrected chi connectivity index (χ1v) is 12.2. The van der Waals surface area contributed by atoms with Gasteiger partial charge in [-0.05, 0) is 42.5 Å². The number of H-pyrrole nitrogens is 1. The molecule has 10 heteroatoms. The van der Waals surface area contributed by atoms with Gasteiger partial charge in [0, 0.05) is 74.6 Å². The summed E-state index contributed by atoms with van der Waals surface area (Å²) in [5.41, 5.74) is 3.87. The van der Waals surface area contributed by atoms with Crippen molar-refractivity contribution < 1.29 is 4.79 Å². The molecule has 37 heavy (non-hydrogen) atoms. The first-order chi connectivity index (χ1) is 18.1. The third-order valence-corrected chi connectivity index (χ3v) is 6.64. The number of aryl methyl sites for hydroxylation is 1. The van der Waals surface area contributed by atoms with Gasteiger partial charge in [0.15, 0.2) is 0 Å². The Bertz CT molecular complexity index is 1530. The van der Waals surface area contributed by atoms with Gasteiger partial charge in [0.1, 0.15) is 11.5 Å². The number of hydrogen-bond acceptors (Lipinski definition) is 7. The summed E-state index contributed by atoms with van der Waals surface area (Å²) in [5, 5.41) is 4.21. The van der Waals surface area contributed by atoms with Gasteiger partial charge in [0.25, 0.3) is 5.91 Å². The van der Waals surface area contributed by atoms with Crippen LogP contribution in [-0.2, 0) is 13.6 Å². The fourth-order valence-electron chi connectivity index (χ4n) is 4.56. The Morgan fingerprint density at radius 3 is 2.62 bits per heavy atom. The smallest absolute Gasteiger partial charge is 0.270 e. The molecule has 0 saturated carbocycles. The Morgan fingerprint density at radius 2 is 1.84 bits per heavy atom. The van der Waals surface area contributed by atoms with E-state index in [4.69, 9.17) is 0 Å². The van der Waals surface area contributed by atoms with Gasteiger partial charge in [-0.3, -0.25) is 14.7 Å². The number of hydrogen-bond donors (Lipinski definition) is 2. The molecule has 4 aromatic heterocycles. The van der Waals surface area contributed by atoms with Crippen molar-refractivity contribution in [2.24, 2.45) is 7.05 Å². The Hall–Kier alpha value is -4.57. The molecule has 10 nitrogen and oxygen atoms in total. The number of piperazine rings is 1. The molecule has 1 aliphatic rings. The number of fused-ring (bicyclic) bond motifs is 1. The second-order valence-electron chi connectivity index (χ2n) is 9.11. The molecule has 1 fully saturated rings. The third-order valence-electron chi connectivity index (χ3n) is 6.64. The Labute approximate surface area is 214 Å². The van der Waals surface area contributed by atoms with E-state index in [2.05, 4.69) is 35.1 Å². The van der Waals surface area contributed by atoms with Crippen LogP contribution in [-0.4, -0.2) is 71.4 Å². The van der Waals surface area contributed by atoms with Crippen molar-refractivity contribution in [2.75, 3.05) is 31.5 Å². The molecule has 1 aliphatic heterocycles. The largest absolute Gasteiger partial charge is 0.351 e. The van der Waals surface area contributed by atoms with Gasteiger partial charge in [0.05, 0.1) is 17.9 Å². The van der Waals surface area contributed by atoms with Crippen molar-refractivity contribution >= 4 is 28.4 Å². The number of pyridine rings is 1. The fourth-order valence-corrected chi connectivity index (χ4v) is 4.56. The van der Waals surface area contributed by atoms with E-state index >= 15 is 0 Å². The third kappa shape index (κ3) is 4.91. The van der Waals surface area contributed by atoms with Crippen LogP contribution in [0.15, 0.2) is 73.3 Å². The van der Waals surface area contributed by atoms with E-state index in [1.54, 1.807) is 12.4 Å². The van der Waals surface area contributed by atoms with E-state index < -0.39 is 0 Å². The van der Waals surface area contributed by atoms with Gasteiger partial charge < -0.3 is 19.8 Å². The van der Waals surface area contributed by atoms with E-state index in [1.165, 1.54) is 0 Å². The van der Waals surface area contributed by atoms with Crippen LogP contribution in [0, 0.1) is 0 Å². The average molecular weight is 494 g/mol. The first kappa shape index (κ1) is 22.9. The van der Waals surface area contributed by atoms with Crippen molar-refractivity contribution in [3.8, 4) is 11.4 Å². The summed E-state index contributed by atoms with van der Waals surface area (Å²) in [4.78, 5) is 38.4. The van der Waals surface area contributed by atoms with Gasteiger partial charge in [-0.1, -0.05) is 6.07 Å². The van der Waals surface area contributed by atoms with Crippen LogP contribution in [0.1, 0.15) is 16.3 Å². The van der Waals surface area contributed by atoms with E-state index in [1.807, 2.05) is 77.4 Å². The molecule has 0 radical (unpaired) electrons. The van der Waals surface area contributed by atoms with Gasteiger partial charge in [-0.25, -0.2) is 15.0 Å². The number of aromatic nitrogens is 6. The summed E-state index contributed by atoms with van der Waals surface area (Å²) in [5.74, 6) is 1.54. The monoisotopic (exact) mass is 493 g/mol. The first-order valence-electron chi connectivity index (χ1n) is 12.2. The number of amides is 1. The minimum Gasteiger partial charge on any atom is -0.351 e. The molecule has 2 N–H and O–H groups in total.